The highest BCUT2D eigenvalue weighted by Crippen LogP contribution is 2.24. The summed E-state index contributed by atoms with van der Waals surface area (Å²) in [6, 6.07) is 28.3. The number of pyridine rings is 2. The topological polar surface area (TPSA) is 228 Å². The molecule has 0 bridgehead atoms. The number of H-pyrrole nitrogens is 1. The molecule has 0 radical (unpaired) electrons. The number of rotatable bonds is 5. The lowest BCUT2D eigenvalue weighted by Gasteiger charge is -2.17. The molecule has 19 heteroatoms. The number of nitrogens with two attached hydrogens (primary N) is 2. The van der Waals surface area contributed by atoms with Crippen molar-refractivity contribution >= 4 is 90.3 Å². The zero-order valence-corrected chi connectivity index (χ0v) is 36.7. The first-order chi connectivity index (χ1) is 31.4. The number of para-hydroxylation sites is 2. The Morgan fingerprint density at radius 1 is 0.585 bits per heavy atom. The third-order valence-electron chi connectivity index (χ3n) is 10.3. The largest absolute Gasteiger partial charge is 0.383 e. The van der Waals surface area contributed by atoms with Gasteiger partial charge >= 0.3 is 0 Å². The van der Waals surface area contributed by atoms with Crippen LogP contribution in [0.1, 0.15) is 22.8 Å². The van der Waals surface area contributed by atoms with Gasteiger partial charge in [-0.1, -0.05) is 71.7 Å². The Bertz CT molecular complexity index is 3720. The standard InChI is InChI=1S/C23H17ClN6O2.C16H12Cl2N2O.C7H6N4O/c1-13-5-2-3-8-16(13)30-18(28-15-7-4-6-14(24)19(15)23(30)32)11-29-10-9-17(31)20-21(25)26-12-27-22(20)29;1-10-5-2-3-8-13(10)20-14(9-17)19-12-7-4-6-11(18)15(12)16(20)21;8-6-5-4(12)1-2-9-7(5)11-3-10-6/h2-10,12H,11H2,1H3,(H2,25,26,27);2-8H,9H2,1H3;1-3H,(H3,8,9,10,11,12). The zero-order chi connectivity index (χ0) is 45.9. The van der Waals surface area contributed by atoms with E-state index in [1.54, 1.807) is 51.7 Å². The molecule has 6 aromatic heterocycles. The van der Waals surface area contributed by atoms with E-state index in [1.165, 1.54) is 35.6 Å². The number of aromatic nitrogens is 10. The molecule has 0 atom stereocenters. The van der Waals surface area contributed by atoms with Gasteiger partial charge in [-0.25, -0.2) is 29.9 Å². The smallest absolute Gasteiger partial charge is 0.267 e. The van der Waals surface area contributed by atoms with Crippen LogP contribution in [-0.4, -0.2) is 48.6 Å². The molecule has 0 amide bonds. The Hall–Kier alpha value is -7.79. The number of nitrogen functional groups attached to an aromatic ring is 2. The summed E-state index contributed by atoms with van der Waals surface area (Å²) in [6.45, 7) is 4.03. The number of benzene rings is 4. The Morgan fingerprint density at radius 2 is 1.11 bits per heavy atom. The predicted octanol–water partition coefficient (Wildman–Crippen LogP) is 7.07. The number of hydrogen-bond acceptors (Lipinski definition) is 12. The second kappa shape index (κ2) is 18.5. The van der Waals surface area contributed by atoms with Crippen molar-refractivity contribution in [2.45, 2.75) is 26.3 Å². The number of nitrogens with zero attached hydrogens (tertiary/aromatic N) is 9. The number of halogens is 3. The molecule has 0 unspecified atom stereocenters. The van der Waals surface area contributed by atoms with Crippen molar-refractivity contribution < 1.29 is 0 Å². The van der Waals surface area contributed by atoms with Gasteiger partial charge < -0.3 is 21.0 Å². The van der Waals surface area contributed by atoms with E-state index in [4.69, 9.17) is 51.3 Å². The highest BCUT2D eigenvalue weighted by Gasteiger charge is 2.19. The maximum atomic E-state index is 13.6. The fraction of sp³-hybridized carbons (Fsp3) is 0.0870. The molecule has 4 aromatic carbocycles. The third-order valence-corrected chi connectivity index (χ3v) is 11.2. The molecule has 6 heterocycles. The van der Waals surface area contributed by atoms with E-state index in [2.05, 4.69) is 29.9 Å². The normalized spacial score (nSPS) is 11.0. The summed E-state index contributed by atoms with van der Waals surface area (Å²) >= 11 is 18.5. The van der Waals surface area contributed by atoms with Gasteiger partial charge in [0.2, 0.25) is 0 Å². The van der Waals surface area contributed by atoms with Crippen LogP contribution in [0.2, 0.25) is 10.0 Å². The number of anilines is 2. The number of fused-ring (bicyclic) bond motifs is 4. The maximum absolute atomic E-state index is 13.6. The molecule has 10 aromatic rings. The van der Waals surface area contributed by atoms with Gasteiger partial charge in [-0.2, -0.15) is 0 Å². The van der Waals surface area contributed by atoms with Crippen LogP contribution in [0, 0.1) is 13.8 Å². The average molecular weight is 926 g/mol. The highest BCUT2D eigenvalue weighted by molar-refractivity contribution is 6.35. The molecule has 10 rings (SSSR count). The molecule has 0 saturated heterocycles. The Morgan fingerprint density at radius 3 is 1.68 bits per heavy atom. The van der Waals surface area contributed by atoms with Crippen molar-refractivity contribution in [1.29, 1.82) is 0 Å². The summed E-state index contributed by atoms with van der Waals surface area (Å²) in [4.78, 5) is 77.8. The molecular formula is C46H35Cl3N12O4. The van der Waals surface area contributed by atoms with Gasteiger partial charge in [0.05, 0.1) is 55.7 Å². The number of nitrogens with one attached hydrogen (secondary N) is 1. The lowest BCUT2D eigenvalue weighted by molar-refractivity contribution is 0.716. The molecule has 0 saturated carbocycles. The van der Waals surface area contributed by atoms with Crippen LogP contribution in [0.4, 0.5) is 11.6 Å². The van der Waals surface area contributed by atoms with Crippen molar-refractivity contribution in [3.63, 3.8) is 0 Å². The molecule has 0 fully saturated rings. The van der Waals surface area contributed by atoms with E-state index < -0.39 is 0 Å². The fourth-order valence-corrected chi connectivity index (χ4v) is 7.94. The first kappa shape index (κ1) is 43.8. The number of aromatic amines is 1. The van der Waals surface area contributed by atoms with E-state index >= 15 is 0 Å². The van der Waals surface area contributed by atoms with Crippen molar-refractivity contribution in [3.05, 3.63) is 196 Å². The van der Waals surface area contributed by atoms with Crippen molar-refractivity contribution in [1.82, 2.24) is 48.6 Å². The second-order valence-electron chi connectivity index (χ2n) is 14.4. The summed E-state index contributed by atoms with van der Waals surface area (Å²) in [5.74, 6) is 1.42. The predicted molar refractivity (Wildman–Crippen MR) is 256 cm³/mol. The molecule has 0 aliphatic carbocycles. The molecule has 0 aliphatic heterocycles. The van der Waals surface area contributed by atoms with Crippen LogP contribution in [0.25, 0.3) is 55.2 Å². The summed E-state index contributed by atoms with van der Waals surface area (Å²) in [6.07, 6.45) is 5.74. The van der Waals surface area contributed by atoms with Gasteiger partial charge in [-0.3, -0.25) is 28.3 Å². The van der Waals surface area contributed by atoms with Crippen LogP contribution < -0.4 is 33.4 Å². The second-order valence-corrected chi connectivity index (χ2v) is 15.5. The molecule has 0 spiro atoms. The van der Waals surface area contributed by atoms with Crippen LogP contribution in [0.15, 0.2) is 141 Å². The minimum absolute atomic E-state index is 0.101. The highest BCUT2D eigenvalue weighted by atomic mass is 35.5. The lowest BCUT2D eigenvalue weighted by Crippen LogP contribution is -2.26. The molecular weight excluding hydrogens is 891 g/mol. The van der Waals surface area contributed by atoms with Gasteiger partial charge in [0.25, 0.3) is 11.1 Å². The first-order valence-electron chi connectivity index (χ1n) is 19.6. The van der Waals surface area contributed by atoms with Crippen molar-refractivity contribution in [3.8, 4) is 11.4 Å². The summed E-state index contributed by atoms with van der Waals surface area (Å²) in [5.41, 5.74) is 15.7. The van der Waals surface area contributed by atoms with E-state index in [0.29, 0.717) is 65.9 Å². The first-order valence-corrected chi connectivity index (χ1v) is 20.9. The molecule has 0 aliphatic rings. The van der Waals surface area contributed by atoms with E-state index in [1.807, 2.05) is 62.4 Å². The van der Waals surface area contributed by atoms with Gasteiger partial charge in [0.15, 0.2) is 10.9 Å². The van der Waals surface area contributed by atoms with Crippen molar-refractivity contribution in [2.24, 2.45) is 0 Å². The van der Waals surface area contributed by atoms with Gasteiger partial charge in [-0.05, 0) is 61.4 Å². The average Bonchev–Trinajstić information content (AvgIpc) is 3.29. The Kier molecular flexibility index (Phi) is 12.5. The third kappa shape index (κ3) is 8.52. The van der Waals surface area contributed by atoms with E-state index in [0.717, 1.165) is 16.8 Å². The van der Waals surface area contributed by atoms with E-state index in [-0.39, 0.29) is 51.4 Å². The van der Waals surface area contributed by atoms with Gasteiger partial charge in [-0.15, -0.1) is 11.6 Å². The van der Waals surface area contributed by atoms with Gasteiger partial charge in [0.1, 0.15) is 58.0 Å². The number of alkyl halides is 1. The van der Waals surface area contributed by atoms with Crippen molar-refractivity contribution in [2.75, 3.05) is 11.5 Å². The van der Waals surface area contributed by atoms with Crippen LogP contribution >= 0.6 is 34.8 Å². The van der Waals surface area contributed by atoms with Gasteiger partial charge in [0, 0.05) is 24.5 Å². The van der Waals surface area contributed by atoms with E-state index in [9.17, 15) is 19.2 Å². The van der Waals surface area contributed by atoms with Crippen LogP contribution in [-0.2, 0) is 12.4 Å². The monoisotopic (exact) mass is 924 g/mol. The fourth-order valence-electron chi connectivity index (χ4n) is 7.26. The minimum Gasteiger partial charge on any atom is -0.383 e. The maximum Gasteiger partial charge on any atom is 0.267 e. The summed E-state index contributed by atoms with van der Waals surface area (Å²) in [5, 5.41) is 2.06. The quantitative estimate of drug-likeness (QED) is 0.147. The molecule has 5 N–H and O–H groups in total. The zero-order valence-electron chi connectivity index (χ0n) is 34.4. The number of hydrogen-bond donors (Lipinski definition) is 3. The van der Waals surface area contributed by atoms with Crippen LogP contribution in [0.3, 0.4) is 0 Å². The Labute approximate surface area is 382 Å². The summed E-state index contributed by atoms with van der Waals surface area (Å²) in [7, 11) is 0. The lowest BCUT2D eigenvalue weighted by atomic mass is 10.1. The number of aryl methyl sites for hydroxylation is 2. The molecule has 16 nitrogen and oxygen atoms in total. The Balaban J connectivity index is 0.000000149. The molecule has 324 valence electrons. The SMILES string of the molecule is Cc1ccccc1-n1c(CCl)nc2cccc(Cl)c2c1=O.Cc1ccccc1-n1c(Cn2ccc(=O)c3c(N)ncnc32)nc2cccc(Cl)c2c1=O.Nc1ncnc2[nH]ccc(=O)c12. The molecule has 65 heavy (non-hydrogen) atoms. The summed E-state index contributed by atoms with van der Waals surface area (Å²) < 4.78 is 4.82. The van der Waals surface area contributed by atoms with Crippen LogP contribution in [0.5, 0.6) is 0 Å². The minimum atomic E-state index is -0.274.